The lowest BCUT2D eigenvalue weighted by Crippen LogP contribution is -2.06. The van der Waals surface area contributed by atoms with Crippen molar-refractivity contribution in [3.63, 3.8) is 0 Å². The minimum absolute atomic E-state index is 0.806. The molecular weight excluding hydrogens is 222 g/mol. The predicted molar refractivity (Wildman–Crippen MR) is 69.3 cm³/mol. The lowest BCUT2D eigenvalue weighted by molar-refractivity contribution is 0.444. The first-order valence-corrected chi connectivity index (χ1v) is 7.82. The van der Waals surface area contributed by atoms with E-state index < -0.39 is 0 Å². The fraction of sp³-hybridized carbons (Fsp3) is 0.500. The molecule has 0 amide bonds. The Morgan fingerprint density at radius 2 is 2.00 bits per heavy atom. The first-order valence-electron chi connectivity index (χ1n) is 5.67. The molecule has 0 atom stereocenters. The first kappa shape index (κ1) is 9.91. The second kappa shape index (κ2) is 4.30. The SMILES string of the molecule is c1cc2c(c(C3CCCCC3)c1)NSS2. The molecule has 1 nitrogen and oxygen atoms in total. The van der Waals surface area contributed by atoms with Gasteiger partial charge in [-0.05, 0) is 41.2 Å². The van der Waals surface area contributed by atoms with E-state index in [1.807, 2.05) is 10.8 Å². The van der Waals surface area contributed by atoms with Crippen LogP contribution in [0.3, 0.4) is 0 Å². The highest BCUT2D eigenvalue weighted by Crippen LogP contribution is 2.49. The molecule has 0 aromatic heterocycles. The molecule has 1 N–H and O–H groups in total. The summed E-state index contributed by atoms with van der Waals surface area (Å²) in [5.74, 6) is 0.806. The molecule has 3 heteroatoms. The highest BCUT2D eigenvalue weighted by Gasteiger charge is 2.22. The summed E-state index contributed by atoms with van der Waals surface area (Å²) in [5, 5.41) is 0. The zero-order chi connectivity index (χ0) is 10.1. The van der Waals surface area contributed by atoms with Crippen molar-refractivity contribution >= 4 is 27.5 Å². The van der Waals surface area contributed by atoms with Gasteiger partial charge in [-0.25, -0.2) is 0 Å². The van der Waals surface area contributed by atoms with E-state index in [-0.39, 0.29) is 0 Å². The van der Waals surface area contributed by atoms with Crippen molar-refractivity contribution in [2.24, 2.45) is 0 Å². The average Bonchev–Trinajstić information content (AvgIpc) is 2.78. The van der Waals surface area contributed by atoms with Crippen LogP contribution in [0.25, 0.3) is 0 Å². The molecule has 1 aromatic carbocycles. The molecule has 1 aliphatic heterocycles. The molecule has 80 valence electrons. The molecule has 3 rings (SSSR count). The Labute approximate surface area is 98.9 Å². The zero-order valence-corrected chi connectivity index (χ0v) is 10.3. The summed E-state index contributed by atoms with van der Waals surface area (Å²) >= 11 is 0. The number of para-hydroxylation sites is 1. The second-order valence-electron chi connectivity index (χ2n) is 4.32. The zero-order valence-electron chi connectivity index (χ0n) is 8.66. The van der Waals surface area contributed by atoms with Gasteiger partial charge < -0.3 is 4.72 Å². The summed E-state index contributed by atoms with van der Waals surface area (Å²) in [6, 6.07) is 6.75. The van der Waals surface area contributed by atoms with E-state index in [1.54, 1.807) is 16.5 Å². The largest absolute Gasteiger partial charge is 0.319 e. The summed E-state index contributed by atoms with van der Waals surface area (Å²) in [6.07, 6.45) is 7.02. The Kier molecular flexibility index (Phi) is 2.84. The van der Waals surface area contributed by atoms with Crippen molar-refractivity contribution < 1.29 is 0 Å². The van der Waals surface area contributed by atoms with Crippen LogP contribution in [0.1, 0.15) is 43.6 Å². The molecule has 1 aliphatic carbocycles. The Morgan fingerprint density at radius 1 is 1.13 bits per heavy atom. The normalized spacial score (nSPS) is 21.1. The van der Waals surface area contributed by atoms with Crippen molar-refractivity contribution in [2.45, 2.75) is 42.9 Å². The topological polar surface area (TPSA) is 12.0 Å². The number of benzene rings is 1. The van der Waals surface area contributed by atoms with Crippen molar-refractivity contribution in [1.29, 1.82) is 0 Å². The molecule has 0 radical (unpaired) electrons. The molecule has 1 fully saturated rings. The predicted octanol–water partition coefficient (Wildman–Crippen LogP) is 4.82. The van der Waals surface area contributed by atoms with Crippen molar-refractivity contribution in [3.8, 4) is 0 Å². The highest BCUT2D eigenvalue weighted by molar-refractivity contribution is 8.77. The van der Waals surface area contributed by atoms with E-state index >= 15 is 0 Å². The maximum atomic E-state index is 3.45. The minimum Gasteiger partial charge on any atom is -0.319 e. The minimum atomic E-state index is 0.806. The van der Waals surface area contributed by atoms with Crippen LogP contribution >= 0.6 is 21.8 Å². The highest BCUT2D eigenvalue weighted by atomic mass is 33.1. The maximum Gasteiger partial charge on any atom is 0.0628 e. The fourth-order valence-electron chi connectivity index (χ4n) is 2.59. The number of rotatable bonds is 1. The third-order valence-electron chi connectivity index (χ3n) is 3.38. The molecular formula is C12H15NS2. The van der Waals surface area contributed by atoms with E-state index in [2.05, 4.69) is 22.9 Å². The van der Waals surface area contributed by atoms with Gasteiger partial charge >= 0.3 is 0 Å². The number of fused-ring (bicyclic) bond motifs is 1. The third-order valence-corrected chi connectivity index (χ3v) is 5.31. The Hall–Kier alpha value is -0.280. The van der Waals surface area contributed by atoms with Gasteiger partial charge in [-0.15, -0.1) is 0 Å². The van der Waals surface area contributed by atoms with Crippen LogP contribution in [0.4, 0.5) is 5.69 Å². The van der Waals surface area contributed by atoms with Crippen molar-refractivity contribution in [3.05, 3.63) is 23.8 Å². The number of hydrogen-bond acceptors (Lipinski definition) is 3. The van der Waals surface area contributed by atoms with Crippen LogP contribution in [0.15, 0.2) is 23.1 Å². The van der Waals surface area contributed by atoms with Gasteiger partial charge in [0.05, 0.1) is 5.69 Å². The van der Waals surface area contributed by atoms with Crippen LogP contribution in [-0.2, 0) is 0 Å². The lowest BCUT2D eigenvalue weighted by Gasteiger charge is -2.23. The smallest absolute Gasteiger partial charge is 0.0628 e. The van der Waals surface area contributed by atoms with E-state index in [0.29, 0.717) is 0 Å². The van der Waals surface area contributed by atoms with Crippen LogP contribution in [0, 0.1) is 0 Å². The van der Waals surface area contributed by atoms with Gasteiger partial charge in [0.15, 0.2) is 0 Å². The van der Waals surface area contributed by atoms with E-state index in [0.717, 1.165) is 5.92 Å². The van der Waals surface area contributed by atoms with Gasteiger partial charge in [0.2, 0.25) is 0 Å². The quantitative estimate of drug-likeness (QED) is 0.556. The molecule has 2 aliphatic rings. The summed E-state index contributed by atoms with van der Waals surface area (Å²) in [6.45, 7) is 0. The van der Waals surface area contributed by atoms with Gasteiger partial charge in [0.1, 0.15) is 0 Å². The van der Waals surface area contributed by atoms with E-state index in [9.17, 15) is 0 Å². The summed E-state index contributed by atoms with van der Waals surface area (Å²) in [5.41, 5.74) is 2.96. The fourth-order valence-corrected chi connectivity index (χ4v) is 4.54. The summed E-state index contributed by atoms with van der Waals surface area (Å²) < 4.78 is 3.45. The Balaban J connectivity index is 1.93. The van der Waals surface area contributed by atoms with Crippen molar-refractivity contribution in [1.82, 2.24) is 0 Å². The molecule has 15 heavy (non-hydrogen) atoms. The standard InChI is InChI=1S/C12H15NS2/c1-2-5-9(6-3-1)10-7-4-8-11-12(10)13-15-14-11/h4,7-9,13H,1-3,5-6H2. The third kappa shape index (κ3) is 1.87. The van der Waals surface area contributed by atoms with Gasteiger partial charge in [0.25, 0.3) is 0 Å². The Morgan fingerprint density at radius 3 is 2.87 bits per heavy atom. The monoisotopic (exact) mass is 237 g/mol. The lowest BCUT2D eigenvalue weighted by atomic mass is 9.83. The van der Waals surface area contributed by atoms with Crippen molar-refractivity contribution in [2.75, 3.05) is 4.72 Å². The molecule has 0 unspecified atom stereocenters. The van der Waals surface area contributed by atoms with E-state index in [1.165, 1.54) is 42.7 Å². The molecule has 1 saturated carbocycles. The van der Waals surface area contributed by atoms with Gasteiger partial charge in [-0.3, -0.25) is 0 Å². The first-order chi connectivity index (χ1) is 7.45. The maximum absolute atomic E-state index is 3.45. The van der Waals surface area contributed by atoms with Gasteiger partial charge in [-0.1, -0.05) is 31.4 Å². The summed E-state index contributed by atoms with van der Waals surface area (Å²) in [7, 11) is 3.60. The molecule has 1 aromatic rings. The number of hydrogen-bond donors (Lipinski definition) is 1. The van der Waals surface area contributed by atoms with Crippen LogP contribution in [-0.4, -0.2) is 0 Å². The van der Waals surface area contributed by atoms with E-state index in [4.69, 9.17) is 0 Å². The van der Waals surface area contributed by atoms with Gasteiger partial charge in [0, 0.05) is 15.9 Å². The van der Waals surface area contributed by atoms with Crippen LogP contribution < -0.4 is 4.72 Å². The Bertz CT molecular complexity index is 359. The molecule has 0 bridgehead atoms. The number of nitrogens with one attached hydrogen (secondary N) is 1. The molecule has 0 saturated heterocycles. The molecule has 1 heterocycles. The second-order valence-corrected chi connectivity index (χ2v) is 6.30. The number of anilines is 1. The van der Waals surface area contributed by atoms with Crippen LogP contribution in [0.2, 0.25) is 0 Å². The molecule has 0 spiro atoms. The summed E-state index contributed by atoms with van der Waals surface area (Å²) in [4.78, 5) is 1.42. The van der Waals surface area contributed by atoms with Crippen LogP contribution in [0.5, 0.6) is 0 Å². The van der Waals surface area contributed by atoms with Gasteiger partial charge in [-0.2, -0.15) is 0 Å². The average molecular weight is 237 g/mol.